The number of carboxylic acids is 1. The molecule has 4 aromatic rings. The van der Waals surface area contributed by atoms with Crippen LogP contribution in [-0.4, -0.2) is 41.1 Å². The number of carboxylic acid groups (broad SMARTS) is 1. The van der Waals surface area contributed by atoms with Crippen molar-refractivity contribution >= 4 is 39.2 Å². The number of likely N-dealkylation sites (tertiary alicyclic amines) is 1. The second-order valence-corrected chi connectivity index (χ2v) is 12.4. The largest absolute Gasteiger partial charge is 2.00 e. The number of hydrogen-bond donors (Lipinski definition) is 0. The van der Waals surface area contributed by atoms with E-state index in [1.807, 2.05) is 84.9 Å². The Kier molecular flexibility index (Phi) is 11.0. The molecular formula is C37H34BrN3NiO3. The van der Waals surface area contributed by atoms with Crippen LogP contribution in [0.4, 0.5) is 5.69 Å². The van der Waals surface area contributed by atoms with Gasteiger partial charge in [0.1, 0.15) is 0 Å². The molecule has 0 N–H and O–H groups in total. The van der Waals surface area contributed by atoms with Crippen molar-refractivity contribution in [2.24, 2.45) is 4.99 Å². The molecule has 6 nitrogen and oxygen atoms in total. The van der Waals surface area contributed by atoms with Gasteiger partial charge in [0.05, 0.1) is 29.7 Å². The van der Waals surface area contributed by atoms with E-state index in [9.17, 15) is 14.7 Å². The van der Waals surface area contributed by atoms with Gasteiger partial charge in [-0.3, -0.25) is 9.89 Å². The summed E-state index contributed by atoms with van der Waals surface area (Å²) in [4.78, 5) is 33.7. The van der Waals surface area contributed by atoms with Crippen molar-refractivity contribution in [2.75, 3.05) is 6.54 Å². The van der Waals surface area contributed by atoms with Gasteiger partial charge in [0.2, 0.25) is 0 Å². The van der Waals surface area contributed by atoms with Crippen molar-refractivity contribution in [3.63, 3.8) is 0 Å². The zero-order chi connectivity index (χ0) is 30.5. The third-order valence-corrected chi connectivity index (χ3v) is 9.17. The fourth-order valence-electron chi connectivity index (χ4n) is 6.55. The molecule has 1 heterocycles. The predicted molar refractivity (Wildman–Crippen MR) is 175 cm³/mol. The molecule has 3 atom stereocenters. The van der Waals surface area contributed by atoms with E-state index in [0.717, 1.165) is 59.0 Å². The minimum absolute atomic E-state index is 0. The molecule has 45 heavy (non-hydrogen) atoms. The first-order valence-corrected chi connectivity index (χ1v) is 16.0. The summed E-state index contributed by atoms with van der Waals surface area (Å²) in [6.45, 7) is 1.53. The number of benzene rings is 4. The summed E-state index contributed by atoms with van der Waals surface area (Å²) in [7, 11) is 0. The Labute approximate surface area is 283 Å². The minimum atomic E-state index is -1.22. The number of para-hydroxylation sites is 1. The summed E-state index contributed by atoms with van der Waals surface area (Å²) < 4.78 is 0.906. The van der Waals surface area contributed by atoms with Gasteiger partial charge in [0, 0.05) is 22.5 Å². The van der Waals surface area contributed by atoms with E-state index < -0.39 is 12.0 Å². The molecule has 2 aliphatic rings. The smallest absolute Gasteiger partial charge is 0.625 e. The maximum Gasteiger partial charge on any atom is 2.00 e. The molecule has 0 unspecified atom stereocenters. The van der Waals surface area contributed by atoms with Crippen LogP contribution >= 0.6 is 15.9 Å². The van der Waals surface area contributed by atoms with Crippen LogP contribution < -0.4 is 5.11 Å². The van der Waals surface area contributed by atoms with Gasteiger partial charge >= 0.3 is 16.5 Å². The number of nitrogens with zero attached hydrogens (tertiary/aromatic N) is 3. The second kappa shape index (κ2) is 15.1. The molecule has 8 heteroatoms. The number of aliphatic imine (C=N–C) groups is 1. The van der Waals surface area contributed by atoms with Crippen LogP contribution in [0.1, 0.15) is 59.4 Å². The maximum absolute atomic E-state index is 13.7. The van der Waals surface area contributed by atoms with Crippen LogP contribution in [-0.2, 0) is 39.0 Å². The van der Waals surface area contributed by atoms with E-state index in [0.29, 0.717) is 29.9 Å². The number of fused-ring (bicyclic) bond motifs is 1. The molecular weight excluding hydrogens is 673 g/mol. The van der Waals surface area contributed by atoms with Crippen LogP contribution in [0.25, 0.3) is 5.32 Å². The first-order chi connectivity index (χ1) is 21.5. The first-order valence-electron chi connectivity index (χ1n) is 15.2. The Hall–Kier alpha value is -3.58. The fraction of sp³-hybridized carbons (Fsp3) is 0.270. The Bertz CT molecular complexity index is 1660. The molecule has 0 spiro atoms. The number of aliphatic carboxylic acids is 1. The molecule has 0 bridgehead atoms. The molecule has 4 aromatic carbocycles. The van der Waals surface area contributed by atoms with Gasteiger partial charge in [-0.1, -0.05) is 107 Å². The maximum atomic E-state index is 13.7. The number of amides is 1. The van der Waals surface area contributed by atoms with Gasteiger partial charge < -0.3 is 20.0 Å². The van der Waals surface area contributed by atoms with Crippen molar-refractivity contribution in [3.8, 4) is 0 Å². The fourth-order valence-corrected chi connectivity index (χ4v) is 6.93. The van der Waals surface area contributed by atoms with Gasteiger partial charge in [-0.2, -0.15) is 0 Å². The van der Waals surface area contributed by atoms with Crippen LogP contribution in [0.2, 0.25) is 0 Å². The molecule has 1 saturated heterocycles. The molecule has 1 aliphatic carbocycles. The average molecular weight is 707 g/mol. The van der Waals surface area contributed by atoms with E-state index in [4.69, 9.17) is 4.99 Å². The van der Waals surface area contributed by atoms with Crippen LogP contribution in [0, 0.1) is 0 Å². The SMILES string of the molecule is O=C([O-])[C@@H](/N=C(\c1ccccc1)c1ccccc1[N-]C(=O)[C@@H]1CCCN1Cc1ccccc1)[C@@H]1CCCc2ccc(Br)cc21.[Ni+2]. The Morgan fingerprint density at radius 3 is 2.38 bits per heavy atom. The van der Waals surface area contributed by atoms with E-state index >= 15 is 0 Å². The number of carbonyl (C=O) groups excluding carboxylic acids is 2. The van der Waals surface area contributed by atoms with Gasteiger partial charge in [-0.25, -0.2) is 0 Å². The summed E-state index contributed by atoms with van der Waals surface area (Å²) >= 11 is 3.56. The Morgan fingerprint density at radius 1 is 0.911 bits per heavy atom. The Balaban J connectivity index is 0.00000400. The molecule has 6 rings (SSSR count). The molecule has 0 aromatic heterocycles. The topological polar surface area (TPSA) is 86.9 Å². The van der Waals surface area contributed by atoms with Crippen LogP contribution in [0.15, 0.2) is 113 Å². The summed E-state index contributed by atoms with van der Waals surface area (Å²) in [5, 5.41) is 17.5. The van der Waals surface area contributed by atoms with Gasteiger partial charge in [-0.05, 0) is 73.0 Å². The molecule has 0 radical (unpaired) electrons. The third kappa shape index (κ3) is 7.63. The minimum Gasteiger partial charge on any atom is -0.625 e. The molecule has 232 valence electrons. The number of rotatable bonds is 9. The van der Waals surface area contributed by atoms with Crippen LogP contribution in [0.5, 0.6) is 0 Å². The standard InChI is InChI=1S/C37H36BrN3O3.Ni/c38-28-21-20-26-15-9-17-29(31(26)23-28)35(37(43)44)40-34(27-13-5-2-6-14-27)30-16-7-8-18-32(30)39-36(42)33-19-10-22-41(33)24-25-11-3-1-4-12-25;/h1-8,11-14,16,18,20-21,23,29,33,35H,9-10,15,17,19,22,24H2,(H2,39,40,42,43,44);/q;+2/p-2/t29-,33+,35+;/m1./s1. The normalized spacial score (nSPS) is 18.8. The predicted octanol–water partition coefficient (Wildman–Crippen LogP) is 6.72. The first kappa shape index (κ1) is 32.8. The number of aryl methyl sites for hydroxylation is 1. The zero-order valence-electron chi connectivity index (χ0n) is 24.8. The molecule has 1 amide bonds. The van der Waals surface area contributed by atoms with Crippen molar-refractivity contribution in [1.29, 1.82) is 0 Å². The third-order valence-electron chi connectivity index (χ3n) is 8.67. The van der Waals surface area contributed by atoms with Gasteiger partial charge in [0.15, 0.2) is 0 Å². The second-order valence-electron chi connectivity index (χ2n) is 11.5. The zero-order valence-corrected chi connectivity index (χ0v) is 27.3. The number of carbonyl (C=O) groups is 2. The van der Waals surface area contributed by atoms with E-state index in [1.54, 1.807) is 0 Å². The van der Waals surface area contributed by atoms with E-state index in [2.05, 4.69) is 44.3 Å². The van der Waals surface area contributed by atoms with E-state index in [-0.39, 0.29) is 34.4 Å². The van der Waals surface area contributed by atoms with Crippen molar-refractivity contribution in [2.45, 2.75) is 56.7 Å². The summed E-state index contributed by atoms with van der Waals surface area (Å²) in [6, 6.07) is 31.7. The summed E-state index contributed by atoms with van der Waals surface area (Å²) in [6.07, 6.45) is 4.15. The average Bonchev–Trinajstić information content (AvgIpc) is 3.51. The van der Waals surface area contributed by atoms with E-state index in [1.165, 1.54) is 0 Å². The number of hydrogen-bond acceptors (Lipinski definition) is 5. The molecule has 1 fully saturated rings. The van der Waals surface area contributed by atoms with Crippen molar-refractivity contribution in [3.05, 3.63) is 141 Å². The quantitative estimate of drug-likeness (QED) is 0.143. The summed E-state index contributed by atoms with van der Waals surface area (Å²) in [5.41, 5.74) is 5.64. The molecule has 0 saturated carbocycles. The monoisotopic (exact) mass is 705 g/mol. The van der Waals surface area contributed by atoms with Crippen LogP contribution in [0.3, 0.4) is 0 Å². The van der Waals surface area contributed by atoms with Gasteiger partial charge in [0.25, 0.3) is 0 Å². The molecule has 1 aliphatic heterocycles. The Morgan fingerprint density at radius 2 is 1.62 bits per heavy atom. The van der Waals surface area contributed by atoms with Crippen molar-refractivity contribution in [1.82, 2.24) is 4.90 Å². The summed E-state index contributed by atoms with van der Waals surface area (Å²) in [5.74, 6) is -1.75. The van der Waals surface area contributed by atoms with Crippen molar-refractivity contribution < 1.29 is 31.2 Å². The number of halogens is 1. The van der Waals surface area contributed by atoms with Gasteiger partial charge in [-0.15, -0.1) is 5.69 Å².